The fourth-order valence-electron chi connectivity index (χ4n) is 2.15. The van der Waals surface area contributed by atoms with E-state index in [1.54, 1.807) is 12.1 Å². The van der Waals surface area contributed by atoms with E-state index in [4.69, 9.17) is 0 Å². The molecule has 0 aliphatic rings. The Labute approximate surface area is 142 Å². The van der Waals surface area contributed by atoms with Crippen molar-refractivity contribution in [2.24, 2.45) is 0 Å². The van der Waals surface area contributed by atoms with Gasteiger partial charge < -0.3 is 15.7 Å². The molecule has 24 heavy (non-hydrogen) atoms. The number of nitrogens with one attached hydrogen (secondary N) is 3. The number of rotatable bonds is 5. The fourth-order valence-corrected chi connectivity index (χ4v) is 2.86. The van der Waals surface area contributed by atoms with E-state index < -0.39 is 6.10 Å². The van der Waals surface area contributed by atoms with Crippen molar-refractivity contribution < 1.29 is 9.90 Å². The predicted octanol–water partition coefficient (Wildman–Crippen LogP) is 2.70. The molecule has 0 radical (unpaired) electrons. The first kappa shape index (κ1) is 16.2. The third-order valence-corrected chi connectivity index (χ3v) is 4.06. The number of aliphatic hydroxyl groups is 1. The second-order valence-corrected chi connectivity index (χ2v) is 6.01. The smallest absolute Gasteiger partial charge is 0.319 e. The molecular weight excluding hydrogens is 326 g/mol. The lowest BCUT2D eigenvalue weighted by atomic mass is 10.2. The average Bonchev–Trinajstić information content (AvgIpc) is 3.24. The first-order chi connectivity index (χ1) is 11.6. The molecule has 1 atom stereocenters. The second-order valence-electron chi connectivity index (χ2n) is 5.23. The van der Waals surface area contributed by atoms with Gasteiger partial charge in [-0.3, -0.25) is 5.10 Å². The summed E-state index contributed by atoms with van der Waals surface area (Å²) in [5.41, 5.74) is 2.22. The van der Waals surface area contributed by atoms with Gasteiger partial charge in [-0.2, -0.15) is 16.4 Å². The highest BCUT2D eigenvalue weighted by Gasteiger charge is 2.10. The van der Waals surface area contributed by atoms with Gasteiger partial charge in [0.2, 0.25) is 0 Å². The summed E-state index contributed by atoms with van der Waals surface area (Å²) < 4.78 is 0. The molecule has 0 spiro atoms. The highest BCUT2D eigenvalue weighted by Crippen LogP contribution is 2.19. The average molecular weight is 343 g/mol. The van der Waals surface area contributed by atoms with Gasteiger partial charge in [0.15, 0.2) is 5.82 Å². The molecule has 8 heteroatoms. The van der Waals surface area contributed by atoms with Crippen molar-refractivity contribution >= 4 is 23.1 Å². The summed E-state index contributed by atoms with van der Waals surface area (Å²) in [5, 5.41) is 26.0. The van der Waals surface area contributed by atoms with Crippen LogP contribution in [0.2, 0.25) is 0 Å². The van der Waals surface area contributed by atoms with Crippen LogP contribution in [0.4, 0.5) is 10.5 Å². The van der Waals surface area contributed by atoms with E-state index in [0.717, 1.165) is 17.0 Å². The number of amides is 2. The molecule has 0 aliphatic carbocycles. The summed E-state index contributed by atoms with van der Waals surface area (Å²) in [6.07, 6.45) is -0.718. The van der Waals surface area contributed by atoms with Crippen molar-refractivity contribution in [3.05, 3.63) is 52.5 Å². The SMILES string of the molecule is Cc1nc(-c2cccc(NC(=O)NCC(O)c3ccsc3)c2)n[nH]1. The Hall–Kier alpha value is -2.71. The first-order valence-electron chi connectivity index (χ1n) is 7.36. The Morgan fingerprint density at radius 2 is 2.29 bits per heavy atom. The minimum Gasteiger partial charge on any atom is -0.387 e. The molecule has 124 valence electrons. The van der Waals surface area contributed by atoms with Crippen LogP contribution < -0.4 is 10.6 Å². The van der Waals surface area contributed by atoms with Gasteiger partial charge in [0.25, 0.3) is 0 Å². The van der Waals surface area contributed by atoms with Crippen molar-refractivity contribution in [2.45, 2.75) is 13.0 Å². The molecule has 0 saturated heterocycles. The summed E-state index contributed by atoms with van der Waals surface area (Å²) in [6.45, 7) is 1.97. The van der Waals surface area contributed by atoms with Crippen LogP contribution in [0.25, 0.3) is 11.4 Å². The fraction of sp³-hybridized carbons (Fsp3) is 0.188. The number of carbonyl (C=O) groups excluding carboxylic acids is 1. The number of urea groups is 1. The topological polar surface area (TPSA) is 103 Å². The number of aromatic nitrogens is 3. The number of carbonyl (C=O) groups is 1. The number of aliphatic hydroxyl groups excluding tert-OH is 1. The van der Waals surface area contributed by atoms with Crippen LogP contribution in [-0.2, 0) is 0 Å². The molecule has 0 bridgehead atoms. The molecule has 1 unspecified atom stereocenters. The van der Waals surface area contributed by atoms with E-state index in [1.807, 2.05) is 35.9 Å². The third-order valence-electron chi connectivity index (χ3n) is 3.36. The zero-order chi connectivity index (χ0) is 16.9. The molecule has 3 aromatic rings. The Kier molecular flexibility index (Phi) is 4.88. The first-order valence-corrected chi connectivity index (χ1v) is 8.30. The molecule has 2 heterocycles. The Morgan fingerprint density at radius 3 is 3.00 bits per heavy atom. The minimum absolute atomic E-state index is 0.141. The standard InChI is InChI=1S/C16H17N5O2S/c1-10-18-15(21-20-10)11-3-2-4-13(7-11)19-16(23)17-8-14(22)12-5-6-24-9-12/h2-7,9,14,22H,8H2,1H3,(H2,17,19,23)(H,18,20,21). The van der Waals surface area contributed by atoms with Gasteiger partial charge in [0, 0.05) is 17.8 Å². The van der Waals surface area contributed by atoms with Crippen LogP contribution in [0, 0.1) is 6.92 Å². The van der Waals surface area contributed by atoms with Gasteiger partial charge in [-0.25, -0.2) is 9.78 Å². The summed E-state index contributed by atoms with van der Waals surface area (Å²) in [5.74, 6) is 1.30. The lowest BCUT2D eigenvalue weighted by molar-refractivity contribution is 0.175. The molecule has 7 nitrogen and oxygen atoms in total. The van der Waals surface area contributed by atoms with E-state index in [1.165, 1.54) is 11.3 Å². The van der Waals surface area contributed by atoms with Gasteiger partial charge in [-0.1, -0.05) is 12.1 Å². The predicted molar refractivity (Wildman–Crippen MR) is 92.9 cm³/mol. The molecule has 0 saturated carbocycles. The summed E-state index contributed by atoms with van der Waals surface area (Å²) >= 11 is 1.50. The molecule has 4 N–H and O–H groups in total. The van der Waals surface area contributed by atoms with Crippen LogP contribution >= 0.6 is 11.3 Å². The van der Waals surface area contributed by atoms with Crippen molar-refractivity contribution in [1.82, 2.24) is 20.5 Å². The van der Waals surface area contributed by atoms with Crippen LogP contribution in [0.15, 0.2) is 41.1 Å². The lowest BCUT2D eigenvalue weighted by Gasteiger charge is -2.12. The number of thiophene rings is 1. The summed E-state index contributed by atoms with van der Waals surface area (Å²) in [4.78, 5) is 16.2. The van der Waals surface area contributed by atoms with Gasteiger partial charge >= 0.3 is 6.03 Å². The monoisotopic (exact) mass is 343 g/mol. The van der Waals surface area contributed by atoms with Crippen LogP contribution in [0.1, 0.15) is 17.5 Å². The molecule has 3 rings (SSSR count). The van der Waals surface area contributed by atoms with E-state index >= 15 is 0 Å². The maximum absolute atomic E-state index is 12.0. The normalized spacial score (nSPS) is 11.9. The molecular formula is C16H17N5O2S. The summed E-state index contributed by atoms with van der Waals surface area (Å²) in [7, 11) is 0. The van der Waals surface area contributed by atoms with E-state index in [2.05, 4.69) is 25.8 Å². The van der Waals surface area contributed by atoms with Crippen LogP contribution in [0.5, 0.6) is 0 Å². The Morgan fingerprint density at radius 1 is 1.42 bits per heavy atom. The third kappa shape index (κ3) is 3.98. The largest absolute Gasteiger partial charge is 0.387 e. The van der Waals surface area contributed by atoms with Crippen molar-refractivity contribution in [3.8, 4) is 11.4 Å². The molecule has 0 aliphatic heterocycles. The van der Waals surface area contributed by atoms with Crippen LogP contribution in [0.3, 0.4) is 0 Å². The zero-order valence-corrected chi connectivity index (χ0v) is 13.8. The Bertz CT molecular complexity index is 816. The van der Waals surface area contributed by atoms with Gasteiger partial charge in [0.1, 0.15) is 5.82 Å². The molecule has 1 aromatic carbocycles. The van der Waals surface area contributed by atoms with Crippen molar-refractivity contribution in [2.75, 3.05) is 11.9 Å². The zero-order valence-electron chi connectivity index (χ0n) is 13.0. The highest BCUT2D eigenvalue weighted by atomic mass is 32.1. The maximum Gasteiger partial charge on any atom is 0.319 e. The maximum atomic E-state index is 12.0. The van der Waals surface area contributed by atoms with E-state index in [0.29, 0.717) is 11.5 Å². The Balaban J connectivity index is 1.58. The number of hydrogen-bond acceptors (Lipinski definition) is 5. The number of aryl methyl sites for hydroxylation is 1. The lowest BCUT2D eigenvalue weighted by Crippen LogP contribution is -2.32. The number of hydrogen-bond donors (Lipinski definition) is 4. The molecule has 0 fully saturated rings. The molecule has 2 amide bonds. The van der Waals surface area contributed by atoms with Crippen molar-refractivity contribution in [1.29, 1.82) is 0 Å². The van der Waals surface area contributed by atoms with Gasteiger partial charge in [-0.05, 0) is 41.4 Å². The highest BCUT2D eigenvalue weighted by molar-refractivity contribution is 7.07. The van der Waals surface area contributed by atoms with E-state index in [-0.39, 0.29) is 12.6 Å². The number of aromatic amines is 1. The minimum atomic E-state index is -0.718. The number of H-pyrrole nitrogens is 1. The van der Waals surface area contributed by atoms with Gasteiger partial charge in [0.05, 0.1) is 6.10 Å². The number of benzene rings is 1. The van der Waals surface area contributed by atoms with Crippen LogP contribution in [-0.4, -0.2) is 32.9 Å². The number of anilines is 1. The van der Waals surface area contributed by atoms with Crippen molar-refractivity contribution in [3.63, 3.8) is 0 Å². The second kappa shape index (κ2) is 7.24. The number of nitrogens with zero attached hydrogens (tertiary/aromatic N) is 2. The summed E-state index contributed by atoms with van der Waals surface area (Å²) in [6, 6.07) is 8.70. The van der Waals surface area contributed by atoms with Gasteiger partial charge in [-0.15, -0.1) is 0 Å². The molecule has 2 aromatic heterocycles. The quantitative estimate of drug-likeness (QED) is 0.572. The van der Waals surface area contributed by atoms with E-state index in [9.17, 15) is 9.90 Å².